The van der Waals surface area contributed by atoms with Crippen molar-refractivity contribution in [3.63, 3.8) is 0 Å². The first kappa shape index (κ1) is 30.8. The Morgan fingerprint density at radius 3 is 2.56 bits per heavy atom. The van der Waals surface area contributed by atoms with Crippen molar-refractivity contribution in [3.05, 3.63) is 86.9 Å². The molecular formula is C26H25ClN4O9S. The Kier molecular flexibility index (Phi) is 10.2. The van der Waals surface area contributed by atoms with E-state index in [0.717, 1.165) is 10.4 Å². The van der Waals surface area contributed by atoms with Gasteiger partial charge >= 0.3 is 5.97 Å². The monoisotopic (exact) mass is 604 g/mol. The van der Waals surface area contributed by atoms with E-state index in [4.69, 9.17) is 21.1 Å². The van der Waals surface area contributed by atoms with Crippen molar-refractivity contribution in [2.45, 2.75) is 11.8 Å². The zero-order valence-electron chi connectivity index (χ0n) is 22.1. The molecule has 0 fully saturated rings. The minimum atomic E-state index is -4.55. The van der Waals surface area contributed by atoms with Crippen molar-refractivity contribution in [2.24, 2.45) is 5.10 Å². The number of aryl methyl sites for hydroxylation is 1. The van der Waals surface area contributed by atoms with E-state index in [9.17, 15) is 28.1 Å². The summed E-state index contributed by atoms with van der Waals surface area (Å²) < 4.78 is 43.3. The number of carbonyl (C=O) groups excluding carboxylic acids is 2. The van der Waals surface area contributed by atoms with Crippen LogP contribution in [0, 0.1) is 17.0 Å². The van der Waals surface area contributed by atoms with Crippen molar-refractivity contribution in [2.75, 3.05) is 31.7 Å². The van der Waals surface area contributed by atoms with Crippen molar-refractivity contribution in [1.82, 2.24) is 5.43 Å². The van der Waals surface area contributed by atoms with Crippen LogP contribution < -0.4 is 19.2 Å². The number of nitro benzene ring substituents is 1. The number of sulfonamides is 1. The molecule has 3 aromatic rings. The lowest BCUT2D eigenvalue weighted by Crippen LogP contribution is -2.39. The van der Waals surface area contributed by atoms with Crippen LogP contribution in [0.4, 0.5) is 11.4 Å². The fraction of sp³-hybridized carbons (Fsp3) is 0.192. The minimum absolute atomic E-state index is 0.0715. The van der Waals surface area contributed by atoms with E-state index in [1.807, 2.05) is 0 Å². The predicted molar refractivity (Wildman–Crippen MR) is 150 cm³/mol. The Hall–Kier alpha value is -4.69. The molecule has 1 N–H and O–H groups in total. The van der Waals surface area contributed by atoms with Gasteiger partial charge in [0.1, 0.15) is 18.0 Å². The molecule has 0 radical (unpaired) electrons. The Balaban J connectivity index is 1.89. The summed E-state index contributed by atoms with van der Waals surface area (Å²) in [5, 5.41) is 15.5. The van der Waals surface area contributed by atoms with Crippen LogP contribution in [-0.4, -0.2) is 58.8 Å². The standard InChI is InChI=1S/C26H25ClN4O9S/c1-17-7-9-21(13-22(17)31(34)35)41(36,37)30(23-12-19(27)8-10-24(23)38-2)15-25(32)29-28-14-18-5-4-6-20(11-18)40-16-26(33)39-3/h4-14H,15-16H2,1-3H3,(H,29,32)/b28-14-. The Labute approximate surface area is 240 Å². The highest BCUT2D eigenvalue weighted by Crippen LogP contribution is 2.35. The summed E-state index contributed by atoms with van der Waals surface area (Å²) in [6.45, 7) is 0.397. The average Bonchev–Trinajstić information content (AvgIpc) is 2.94. The molecule has 0 bridgehead atoms. The lowest BCUT2D eigenvalue weighted by Gasteiger charge is -2.25. The highest BCUT2D eigenvalue weighted by molar-refractivity contribution is 7.92. The normalized spacial score (nSPS) is 11.1. The molecule has 15 heteroatoms. The summed E-state index contributed by atoms with van der Waals surface area (Å²) in [4.78, 5) is 34.5. The SMILES string of the molecule is COC(=O)COc1cccc(/C=N\NC(=O)CN(c2cc(Cl)ccc2OC)S(=O)(=O)c2ccc(C)c([N+](=O)[O-])c2)c1. The molecule has 0 aliphatic heterocycles. The first-order valence-electron chi connectivity index (χ1n) is 11.7. The molecule has 0 aliphatic carbocycles. The van der Waals surface area contributed by atoms with Gasteiger partial charge in [-0.1, -0.05) is 29.8 Å². The van der Waals surface area contributed by atoms with Crippen LogP contribution in [0.5, 0.6) is 11.5 Å². The summed E-state index contributed by atoms with van der Waals surface area (Å²) in [5.41, 5.74) is 2.53. The fourth-order valence-corrected chi connectivity index (χ4v) is 5.07. The molecule has 0 saturated heterocycles. The zero-order chi connectivity index (χ0) is 30.2. The minimum Gasteiger partial charge on any atom is -0.495 e. The summed E-state index contributed by atoms with van der Waals surface area (Å²) in [6.07, 6.45) is 1.28. The highest BCUT2D eigenvalue weighted by atomic mass is 35.5. The molecule has 0 spiro atoms. The van der Waals surface area contributed by atoms with Crippen LogP contribution in [-0.2, 0) is 24.3 Å². The first-order chi connectivity index (χ1) is 19.5. The topological polar surface area (TPSA) is 167 Å². The Bertz CT molecular complexity index is 1600. The molecule has 1 amide bonds. The van der Waals surface area contributed by atoms with Gasteiger partial charge in [0.25, 0.3) is 21.6 Å². The summed E-state index contributed by atoms with van der Waals surface area (Å²) >= 11 is 6.12. The molecular weight excluding hydrogens is 580 g/mol. The number of hydrogen-bond donors (Lipinski definition) is 1. The number of hydrazone groups is 1. The van der Waals surface area contributed by atoms with Crippen molar-refractivity contribution >= 4 is 51.1 Å². The van der Waals surface area contributed by atoms with Gasteiger partial charge in [-0.15, -0.1) is 0 Å². The van der Waals surface area contributed by atoms with Gasteiger partial charge in [0.15, 0.2) is 6.61 Å². The fourth-order valence-electron chi connectivity index (χ4n) is 3.46. The third kappa shape index (κ3) is 7.93. The van der Waals surface area contributed by atoms with Crippen LogP contribution in [0.15, 0.2) is 70.7 Å². The molecule has 3 aromatic carbocycles. The maximum atomic E-state index is 13.7. The van der Waals surface area contributed by atoms with Crippen LogP contribution >= 0.6 is 11.6 Å². The maximum absolute atomic E-state index is 13.7. The summed E-state index contributed by atoms with van der Waals surface area (Å²) in [6, 6.07) is 14.0. The number of ether oxygens (including phenoxy) is 3. The number of anilines is 1. The molecule has 0 saturated carbocycles. The van der Waals surface area contributed by atoms with Gasteiger partial charge in [-0.2, -0.15) is 5.10 Å². The molecule has 3 rings (SSSR count). The lowest BCUT2D eigenvalue weighted by atomic mass is 10.2. The van der Waals surface area contributed by atoms with E-state index < -0.39 is 44.0 Å². The highest BCUT2D eigenvalue weighted by Gasteiger charge is 2.31. The number of nitro groups is 1. The number of methoxy groups -OCH3 is 2. The summed E-state index contributed by atoms with van der Waals surface area (Å²) in [7, 11) is -2.01. The van der Waals surface area contributed by atoms with Gasteiger partial charge in [0, 0.05) is 16.7 Å². The number of halogens is 1. The molecule has 41 heavy (non-hydrogen) atoms. The second-order valence-corrected chi connectivity index (χ2v) is 10.6. The van der Waals surface area contributed by atoms with Crippen LogP contribution in [0.2, 0.25) is 5.02 Å². The first-order valence-corrected chi connectivity index (χ1v) is 13.5. The number of carbonyl (C=O) groups is 2. The third-order valence-corrected chi connectivity index (χ3v) is 7.50. The summed E-state index contributed by atoms with van der Waals surface area (Å²) in [5.74, 6) is -0.971. The van der Waals surface area contributed by atoms with E-state index in [1.54, 1.807) is 24.3 Å². The van der Waals surface area contributed by atoms with Gasteiger partial charge in [0.05, 0.1) is 35.9 Å². The maximum Gasteiger partial charge on any atom is 0.343 e. The average molecular weight is 605 g/mol. The molecule has 216 valence electrons. The van der Waals surface area contributed by atoms with Crippen LogP contribution in [0.3, 0.4) is 0 Å². The zero-order valence-corrected chi connectivity index (χ0v) is 23.6. The second-order valence-electron chi connectivity index (χ2n) is 8.26. The number of rotatable bonds is 12. The van der Waals surface area contributed by atoms with Gasteiger partial charge in [-0.25, -0.2) is 18.6 Å². The van der Waals surface area contributed by atoms with E-state index in [1.165, 1.54) is 57.7 Å². The number of benzene rings is 3. The lowest BCUT2D eigenvalue weighted by molar-refractivity contribution is -0.385. The smallest absolute Gasteiger partial charge is 0.343 e. The number of nitrogens with one attached hydrogen (secondary N) is 1. The number of amides is 1. The van der Waals surface area contributed by atoms with Gasteiger partial charge < -0.3 is 14.2 Å². The molecule has 0 unspecified atom stereocenters. The van der Waals surface area contributed by atoms with Gasteiger partial charge in [-0.05, 0) is 48.9 Å². The van der Waals surface area contributed by atoms with E-state index in [-0.39, 0.29) is 28.6 Å². The van der Waals surface area contributed by atoms with Crippen molar-refractivity contribution in [1.29, 1.82) is 0 Å². The number of esters is 1. The Morgan fingerprint density at radius 1 is 1.12 bits per heavy atom. The molecule has 0 aliphatic rings. The quantitative estimate of drug-likeness (QED) is 0.141. The number of hydrogen-bond acceptors (Lipinski definition) is 10. The van der Waals surface area contributed by atoms with Crippen molar-refractivity contribution in [3.8, 4) is 11.5 Å². The molecule has 13 nitrogen and oxygen atoms in total. The second kappa shape index (κ2) is 13.6. The Morgan fingerprint density at radius 2 is 1.88 bits per heavy atom. The molecule has 0 heterocycles. The molecule has 0 aromatic heterocycles. The predicted octanol–water partition coefficient (Wildman–Crippen LogP) is 3.46. The van der Waals surface area contributed by atoms with E-state index in [0.29, 0.717) is 11.3 Å². The van der Waals surface area contributed by atoms with Gasteiger partial charge in [0.2, 0.25) is 0 Å². The number of nitrogens with zero attached hydrogens (tertiary/aromatic N) is 3. The third-order valence-electron chi connectivity index (χ3n) is 5.51. The van der Waals surface area contributed by atoms with Crippen LogP contribution in [0.1, 0.15) is 11.1 Å². The van der Waals surface area contributed by atoms with E-state index in [2.05, 4.69) is 15.3 Å². The van der Waals surface area contributed by atoms with Crippen LogP contribution in [0.25, 0.3) is 0 Å². The largest absolute Gasteiger partial charge is 0.495 e. The molecule has 0 atom stereocenters. The van der Waals surface area contributed by atoms with E-state index >= 15 is 0 Å². The van der Waals surface area contributed by atoms with Gasteiger partial charge in [-0.3, -0.25) is 19.2 Å². The van der Waals surface area contributed by atoms with Crippen molar-refractivity contribution < 1.29 is 37.1 Å².